The molecule has 1 fully saturated rings. The summed E-state index contributed by atoms with van der Waals surface area (Å²) in [6.07, 6.45) is 0.311. The van der Waals surface area contributed by atoms with Crippen molar-refractivity contribution < 1.29 is 14.1 Å². The maximum absolute atomic E-state index is 11.9. The quantitative estimate of drug-likeness (QED) is 0.604. The molecule has 1 aromatic rings. The number of carbonyl (C=O) groups is 1. The molecule has 9 nitrogen and oxygen atoms in total. The molecule has 1 aliphatic heterocycles. The molecule has 2 rings (SSSR count). The van der Waals surface area contributed by atoms with Gasteiger partial charge in [0.25, 0.3) is 0 Å². The summed E-state index contributed by atoms with van der Waals surface area (Å²) in [6.45, 7) is 11.9. The molecule has 0 radical (unpaired) electrons. The van der Waals surface area contributed by atoms with Crippen LogP contribution in [0.4, 0.5) is 4.79 Å². The molecule has 0 spiro atoms. The number of aliphatic imine (C=N–C) groups is 1. The van der Waals surface area contributed by atoms with Gasteiger partial charge in [-0.05, 0) is 34.6 Å². The number of ether oxygens (including phenoxy) is 1. The number of likely N-dealkylation sites (tertiary alicyclic amines) is 1. The summed E-state index contributed by atoms with van der Waals surface area (Å²) in [5, 5.41) is 10.3. The molecule has 2 N–H and O–H groups in total. The van der Waals surface area contributed by atoms with Crippen LogP contribution >= 0.6 is 0 Å². The smallest absolute Gasteiger partial charge is 0.410 e. The van der Waals surface area contributed by atoms with Crippen molar-refractivity contribution in [1.29, 1.82) is 0 Å². The SMILES string of the molecule is CCNC(=NCCc1nc(C)no1)NC1CN(C(=O)OC(C)(C)C)C1. The Morgan fingerprint density at radius 2 is 2.16 bits per heavy atom. The molecule has 1 aromatic heterocycles. The highest BCUT2D eigenvalue weighted by molar-refractivity contribution is 5.80. The van der Waals surface area contributed by atoms with Gasteiger partial charge in [-0.25, -0.2) is 4.79 Å². The average Bonchev–Trinajstić information content (AvgIpc) is 2.85. The Kier molecular flexibility index (Phi) is 6.22. The summed E-state index contributed by atoms with van der Waals surface area (Å²) >= 11 is 0. The molecule has 9 heteroatoms. The summed E-state index contributed by atoms with van der Waals surface area (Å²) < 4.78 is 10.4. The standard InChI is InChI=1S/C16H28N6O3/c1-6-17-14(18-8-7-13-19-11(2)21-25-13)20-12-9-22(10-12)15(23)24-16(3,4)5/h12H,6-10H2,1-5H3,(H2,17,18,20). The van der Waals surface area contributed by atoms with Crippen molar-refractivity contribution in [3.8, 4) is 0 Å². The maximum Gasteiger partial charge on any atom is 0.410 e. The Balaban J connectivity index is 1.76. The highest BCUT2D eigenvalue weighted by Crippen LogP contribution is 2.15. The lowest BCUT2D eigenvalue weighted by Crippen LogP contribution is -2.63. The number of nitrogens with zero attached hydrogens (tertiary/aromatic N) is 4. The van der Waals surface area contributed by atoms with E-state index in [1.54, 1.807) is 11.8 Å². The van der Waals surface area contributed by atoms with Crippen molar-refractivity contribution in [3.63, 3.8) is 0 Å². The molecule has 0 saturated carbocycles. The van der Waals surface area contributed by atoms with Gasteiger partial charge in [-0.2, -0.15) is 4.98 Å². The number of hydrogen-bond donors (Lipinski definition) is 2. The van der Waals surface area contributed by atoms with Gasteiger partial charge in [-0.1, -0.05) is 5.16 Å². The van der Waals surface area contributed by atoms with E-state index in [2.05, 4.69) is 25.8 Å². The van der Waals surface area contributed by atoms with Crippen molar-refractivity contribution >= 4 is 12.1 Å². The third-order valence-corrected chi connectivity index (χ3v) is 3.38. The van der Waals surface area contributed by atoms with Crippen molar-refractivity contribution in [2.75, 3.05) is 26.2 Å². The number of aromatic nitrogens is 2. The summed E-state index contributed by atoms with van der Waals surface area (Å²) in [6, 6.07) is 0.163. The van der Waals surface area contributed by atoms with Gasteiger partial charge in [0.05, 0.1) is 12.6 Å². The monoisotopic (exact) mass is 352 g/mol. The van der Waals surface area contributed by atoms with E-state index >= 15 is 0 Å². The molecule has 0 unspecified atom stereocenters. The van der Waals surface area contributed by atoms with Gasteiger partial charge in [0.15, 0.2) is 11.8 Å². The van der Waals surface area contributed by atoms with Crippen LogP contribution in [0.1, 0.15) is 39.4 Å². The van der Waals surface area contributed by atoms with Gasteiger partial charge in [0.1, 0.15) is 5.60 Å². The molecule has 1 saturated heterocycles. The summed E-state index contributed by atoms with van der Waals surface area (Å²) in [7, 11) is 0. The van der Waals surface area contributed by atoms with E-state index in [4.69, 9.17) is 9.26 Å². The minimum atomic E-state index is -0.473. The normalized spacial score (nSPS) is 15.7. The Bertz CT molecular complexity index is 601. The Labute approximate surface area is 148 Å². The fourth-order valence-corrected chi connectivity index (χ4v) is 2.26. The number of amides is 1. The Morgan fingerprint density at radius 1 is 1.44 bits per heavy atom. The van der Waals surface area contributed by atoms with Crippen LogP contribution in [0.25, 0.3) is 0 Å². The molecular weight excluding hydrogens is 324 g/mol. The first kappa shape index (κ1) is 19.0. The average molecular weight is 352 g/mol. The second-order valence-electron chi connectivity index (χ2n) is 6.97. The van der Waals surface area contributed by atoms with Crippen molar-refractivity contribution in [3.05, 3.63) is 11.7 Å². The molecule has 2 heterocycles. The predicted molar refractivity (Wildman–Crippen MR) is 93.4 cm³/mol. The minimum Gasteiger partial charge on any atom is -0.444 e. The topological polar surface area (TPSA) is 105 Å². The summed E-state index contributed by atoms with van der Waals surface area (Å²) in [5.41, 5.74) is -0.473. The lowest BCUT2D eigenvalue weighted by Gasteiger charge is -2.40. The largest absolute Gasteiger partial charge is 0.444 e. The fourth-order valence-electron chi connectivity index (χ4n) is 2.26. The number of guanidine groups is 1. The van der Waals surface area contributed by atoms with E-state index < -0.39 is 5.60 Å². The van der Waals surface area contributed by atoms with E-state index in [9.17, 15) is 4.79 Å². The maximum atomic E-state index is 11.9. The van der Waals surface area contributed by atoms with Crippen LogP contribution < -0.4 is 10.6 Å². The van der Waals surface area contributed by atoms with E-state index in [1.807, 2.05) is 27.7 Å². The number of carbonyl (C=O) groups excluding carboxylic acids is 1. The first-order chi connectivity index (χ1) is 11.8. The van der Waals surface area contributed by atoms with E-state index in [-0.39, 0.29) is 12.1 Å². The third kappa shape index (κ3) is 6.24. The lowest BCUT2D eigenvalue weighted by molar-refractivity contribution is 0.00700. The second kappa shape index (κ2) is 8.17. The number of rotatable bonds is 5. The number of hydrogen-bond acceptors (Lipinski definition) is 6. The first-order valence-electron chi connectivity index (χ1n) is 8.59. The number of nitrogens with one attached hydrogen (secondary N) is 2. The van der Waals surface area contributed by atoms with Crippen LogP contribution in [0.3, 0.4) is 0 Å². The van der Waals surface area contributed by atoms with Gasteiger partial charge in [0, 0.05) is 26.1 Å². The van der Waals surface area contributed by atoms with Crippen molar-refractivity contribution in [2.45, 2.75) is 52.7 Å². The van der Waals surface area contributed by atoms with E-state index in [1.165, 1.54) is 0 Å². The Morgan fingerprint density at radius 3 is 2.72 bits per heavy atom. The Hall–Kier alpha value is -2.32. The third-order valence-electron chi connectivity index (χ3n) is 3.38. The molecule has 0 bridgehead atoms. The van der Waals surface area contributed by atoms with Gasteiger partial charge in [-0.15, -0.1) is 0 Å². The van der Waals surface area contributed by atoms with Crippen LogP contribution in [0.5, 0.6) is 0 Å². The zero-order chi connectivity index (χ0) is 18.4. The molecule has 0 atom stereocenters. The van der Waals surface area contributed by atoms with Crippen LogP contribution in [-0.2, 0) is 11.2 Å². The molecular formula is C16H28N6O3. The highest BCUT2D eigenvalue weighted by atomic mass is 16.6. The summed E-state index contributed by atoms with van der Waals surface area (Å²) in [5.74, 6) is 1.92. The molecule has 140 valence electrons. The lowest BCUT2D eigenvalue weighted by atomic mass is 10.1. The van der Waals surface area contributed by atoms with E-state index in [0.717, 1.165) is 6.54 Å². The van der Waals surface area contributed by atoms with Gasteiger partial charge >= 0.3 is 6.09 Å². The van der Waals surface area contributed by atoms with Gasteiger partial charge < -0.3 is 24.8 Å². The highest BCUT2D eigenvalue weighted by Gasteiger charge is 2.34. The van der Waals surface area contributed by atoms with Gasteiger partial charge in [-0.3, -0.25) is 4.99 Å². The molecule has 25 heavy (non-hydrogen) atoms. The zero-order valence-corrected chi connectivity index (χ0v) is 15.6. The molecule has 0 aromatic carbocycles. The van der Waals surface area contributed by atoms with Gasteiger partial charge in [0.2, 0.25) is 5.89 Å². The molecule has 1 aliphatic rings. The summed E-state index contributed by atoms with van der Waals surface area (Å²) in [4.78, 5) is 22.3. The second-order valence-corrected chi connectivity index (χ2v) is 6.97. The van der Waals surface area contributed by atoms with Crippen molar-refractivity contribution in [2.24, 2.45) is 4.99 Å². The van der Waals surface area contributed by atoms with Crippen LogP contribution in [-0.4, -0.2) is 64.9 Å². The molecule has 0 aliphatic carbocycles. The molecule has 1 amide bonds. The minimum absolute atomic E-state index is 0.163. The van der Waals surface area contributed by atoms with Crippen molar-refractivity contribution in [1.82, 2.24) is 25.7 Å². The fraction of sp³-hybridized carbons (Fsp3) is 0.750. The van der Waals surface area contributed by atoms with Crippen LogP contribution in [0, 0.1) is 6.92 Å². The van der Waals surface area contributed by atoms with E-state index in [0.29, 0.717) is 43.7 Å². The number of aryl methyl sites for hydroxylation is 1. The van der Waals surface area contributed by atoms with Crippen LogP contribution in [0.15, 0.2) is 9.52 Å². The van der Waals surface area contributed by atoms with Crippen LogP contribution in [0.2, 0.25) is 0 Å². The first-order valence-corrected chi connectivity index (χ1v) is 8.59. The predicted octanol–water partition coefficient (Wildman–Crippen LogP) is 1.09. The zero-order valence-electron chi connectivity index (χ0n) is 15.6.